The zero-order chi connectivity index (χ0) is 44.0. The lowest BCUT2D eigenvalue weighted by Gasteiger charge is -2.38. The summed E-state index contributed by atoms with van der Waals surface area (Å²) in [4.78, 5) is 94.1. The summed E-state index contributed by atoms with van der Waals surface area (Å²) in [6.45, 7) is 2.26. The molecule has 0 aliphatic carbocycles. The quantitative estimate of drug-likeness (QED) is 0.0891. The van der Waals surface area contributed by atoms with Gasteiger partial charge in [-0.1, -0.05) is 6.07 Å². The summed E-state index contributed by atoms with van der Waals surface area (Å²) >= 11 is 0. The van der Waals surface area contributed by atoms with Crippen molar-refractivity contribution >= 4 is 52.6 Å². The molecule has 18 nitrogen and oxygen atoms in total. The third-order valence-electron chi connectivity index (χ3n) is 10.9. The van der Waals surface area contributed by atoms with E-state index in [2.05, 4.69) is 20.5 Å². The molecule has 0 saturated carbocycles. The lowest BCUT2D eigenvalue weighted by atomic mass is 9.96. The lowest BCUT2D eigenvalue weighted by Crippen LogP contribution is -2.54. The SMILES string of the molecule is COc1cc(-c2cn(C)c(=O)c3cnc(N(C)C)cc23)cc(OC)c1CN1CC(C(=O)NCCCCCOc2cccc3c2C(=O)N(C2CCC(=O)NC2=O)C3=O)C1.O=CO. The van der Waals surface area contributed by atoms with Crippen molar-refractivity contribution in [2.24, 2.45) is 13.0 Å². The molecule has 322 valence electrons. The molecule has 7 rings (SSSR count). The summed E-state index contributed by atoms with van der Waals surface area (Å²) in [6.07, 6.45) is 5.71. The number of hydrogen-bond donors (Lipinski definition) is 3. The van der Waals surface area contributed by atoms with Crippen LogP contribution >= 0.6 is 0 Å². The van der Waals surface area contributed by atoms with Crippen LogP contribution in [0.1, 0.15) is 58.4 Å². The van der Waals surface area contributed by atoms with Gasteiger partial charge in [0.2, 0.25) is 17.7 Å². The molecule has 0 radical (unpaired) electrons. The van der Waals surface area contributed by atoms with Crippen molar-refractivity contribution < 1.29 is 48.1 Å². The minimum absolute atomic E-state index is 0.00137. The number of nitrogens with zero attached hydrogens (tertiary/aromatic N) is 5. The lowest BCUT2D eigenvalue weighted by molar-refractivity contribution is -0.136. The van der Waals surface area contributed by atoms with Gasteiger partial charge >= 0.3 is 0 Å². The molecule has 3 aliphatic heterocycles. The van der Waals surface area contributed by atoms with Crippen molar-refractivity contribution in [2.75, 3.05) is 59.5 Å². The number of rotatable bonds is 15. The van der Waals surface area contributed by atoms with E-state index in [1.165, 1.54) is 6.07 Å². The maximum absolute atomic E-state index is 13.3. The first kappa shape index (κ1) is 43.8. The fourth-order valence-corrected chi connectivity index (χ4v) is 7.75. The number of pyridine rings is 2. The Morgan fingerprint density at radius 1 is 0.967 bits per heavy atom. The molecule has 3 aliphatic rings. The molecule has 4 aromatic rings. The van der Waals surface area contributed by atoms with Gasteiger partial charge in [0.05, 0.1) is 48.8 Å². The number of anilines is 1. The zero-order valence-corrected chi connectivity index (χ0v) is 34.7. The smallest absolute Gasteiger partial charge is 0.290 e. The number of carboxylic acid groups (broad SMARTS) is 1. The Morgan fingerprint density at radius 3 is 2.33 bits per heavy atom. The second kappa shape index (κ2) is 19.1. The summed E-state index contributed by atoms with van der Waals surface area (Å²) in [7, 11) is 8.75. The number of piperidine rings is 1. The second-order valence-electron chi connectivity index (χ2n) is 15.1. The first-order valence-corrected chi connectivity index (χ1v) is 19.8. The average Bonchev–Trinajstić information content (AvgIpc) is 3.48. The number of ether oxygens (including phenoxy) is 3. The van der Waals surface area contributed by atoms with Crippen LogP contribution in [0.15, 0.2) is 53.6 Å². The van der Waals surface area contributed by atoms with Crippen LogP contribution in [0.3, 0.4) is 0 Å². The molecular weight excluding hydrogens is 791 g/mol. The van der Waals surface area contributed by atoms with Gasteiger partial charge in [-0.15, -0.1) is 0 Å². The fraction of sp³-hybridized carbons (Fsp3) is 0.395. The largest absolute Gasteiger partial charge is 0.496 e. The molecule has 5 heterocycles. The van der Waals surface area contributed by atoms with Gasteiger partial charge in [0, 0.05) is 77.1 Å². The number of nitrogens with one attached hydrogen (secondary N) is 2. The average molecular weight is 840 g/mol. The van der Waals surface area contributed by atoms with E-state index in [1.807, 2.05) is 43.4 Å². The van der Waals surface area contributed by atoms with Gasteiger partial charge < -0.3 is 34.1 Å². The number of unbranched alkanes of at least 4 members (excludes halogenated alkanes) is 2. The third-order valence-corrected chi connectivity index (χ3v) is 10.9. The highest BCUT2D eigenvalue weighted by Gasteiger charge is 2.46. The van der Waals surface area contributed by atoms with Gasteiger partial charge in [0.1, 0.15) is 29.1 Å². The number of aryl methyl sites for hydroxylation is 1. The van der Waals surface area contributed by atoms with E-state index in [4.69, 9.17) is 24.1 Å². The number of likely N-dealkylation sites (tertiary alicyclic amines) is 1. The molecule has 2 aromatic carbocycles. The van der Waals surface area contributed by atoms with Crippen molar-refractivity contribution in [3.8, 4) is 28.4 Å². The topological polar surface area (TPSA) is 219 Å². The summed E-state index contributed by atoms with van der Waals surface area (Å²) < 4.78 is 19.2. The predicted octanol–water partition coefficient (Wildman–Crippen LogP) is 2.58. The van der Waals surface area contributed by atoms with Crippen molar-refractivity contribution in [1.29, 1.82) is 0 Å². The van der Waals surface area contributed by atoms with Crippen LogP contribution < -0.4 is 35.3 Å². The molecule has 1 atom stereocenters. The fourth-order valence-electron chi connectivity index (χ4n) is 7.75. The highest BCUT2D eigenvalue weighted by atomic mass is 16.5. The first-order valence-electron chi connectivity index (χ1n) is 19.8. The molecule has 3 N–H and O–H groups in total. The normalized spacial score (nSPS) is 16.3. The monoisotopic (exact) mass is 839 g/mol. The van der Waals surface area contributed by atoms with Crippen molar-refractivity contribution in [3.05, 3.63) is 75.8 Å². The van der Waals surface area contributed by atoms with Crippen molar-refractivity contribution in [3.63, 3.8) is 0 Å². The zero-order valence-electron chi connectivity index (χ0n) is 34.7. The van der Waals surface area contributed by atoms with Crippen LogP contribution in [0.4, 0.5) is 5.82 Å². The van der Waals surface area contributed by atoms with Crippen LogP contribution in [0.5, 0.6) is 17.2 Å². The number of methoxy groups -OCH3 is 2. The van der Waals surface area contributed by atoms with E-state index >= 15 is 0 Å². The molecule has 5 amide bonds. The second-order valence-corrected chi connectivity index (χ2v) is 15.1. The number of benzene rings is 2. The number of amides is 5. The van der Waals surface area contributed by atoms with Gasteiger partial charge in [0.25, 0.3) is 23.8 Å². The Hall–Kier alpha value is -6.82. The van der Waals surface area contributed by atoms with Crippen LogP contribution in [-0.2, 0) is 32.8 Å². The van der Waals surface area contributed by atoms with E-state index in [0.29, 0.717) is 56.1 Å². The van der Waals surface area contributed by atoms with E-state index in [9.17, 15) is 28.8 Å². The number of imide groups is 2. The number of carbonyl (C=O) groups is 6. The first-order chi connectivity index (χ1) is 29.3. The standard InChI is InChI=1S/C42H47N7O9.CH2O2/c1-46(2)35-18-27-28(19-44-35)40(53)47(3)22-29(27)24-16-33(56-4)30(34(17-24)57-5)23-48-20-25(21-48)38(51)43-14-7-6-8-15-58-32-11-9-10-26-37(32)42(55)49(41(26)54)31-12-13-36(50)45-39(31)52;2-1-3/h9-11,16-19,22,25,31H,6-8,12-15,20-21,23H2,1-5H3,(H,43,51)(H,45,50,52);1H,(H,2,3). The van der Waals surface area contributed by atoms with Gasteiger partial charge in [-0.25, -0.2) is 4.98 Å². The summed E-state index contributed by atoms with van der Waals surface area (Å²) in [5, 5.41) is 13.4. The molecule has 2 aromatic heterocycles. The molecule has 2 saturated heterocycles. The number of hydrogen-bond acceptors (Lipinski definition) is 13. The van der Waals surface area contributed by atoms with Crippen LogP contribution in [0.2, 0.25) is 0 Å². The Labute approximate surface area is 351 Å². The molecule has 61 heavy (non-hydrogen) atoms. The number of carbonyl (C=O) groups excluding carboxylic acids is 5. The molecular formula is C43H49N7O11. The summed E-state index contributed by atoms with van der Waals surface area (Å²) in [5.74, 6) is -0.141. The highest BCUT2D eigenvalue weighted by Crippen LogP contribution is 2.39. The Morgan fingerprint density at radius 2 is 1.67 bits per heavy atom. The van der Waals surface area contributed by atoms with E-state index in [0.717, 1.165) is 45.6 Å². The van der Waals surface area contributed by atoms with Crippen LogP contribution in [0.25, 0.3) is 21.9 Å². The Balaban J connectivity index is 0.00000201. The van der Waals surface area contributed by atoms with Gasteiger partial charge in [0.15, 0.2) is 0 Å². The molecule has 1 unspecified atom stereocenters. The molecule has 2 fully saturated rings. The van der Waals surface area contributed by atoms with Gasteiger partial charge in [-0.2, -0.15) is 0 Å². The maximum Gasteiger partial charge on any atom is 0.290 e. The van der Waals surface area contributed by atoms with E-state index < -0.39 is 29.7 Å². The summed E-state index contributed by atoms with van der Waals surface area (Å²) in [5.41, 5.74) is 2.69. The number of fused-ring (bicyclic) bond motifs is 2. The minimum atomic E-state index is -1.04. The van der Waals surface area contributed by atoms with Gasteiger partial charge in [-0.05, 0) is 61.6 Å². The predicted molar refractivity (Wildman–Crippen MR) is 223 cm³/mol. The summed E-state index contributed by atoms with van der Waals surface area (Å²) in [6, 6.07) is 9.55. The molecule has 0 spiro atoms. The highest BCUT2D eigenvalue weighted by molar-refractivity contribution is 6.24. The molecule has 0 bridgehead atoms. The van der Waals surface area contributed by atoms with Crippen molar-refractivity contribution in [1.82, 2.24) is 30.0 Å². The van der Waals surface area contributed by atoms with Crippen LogP contribution in [0, 0.1) is 5.92 Å². The van der Waals surface area contributed by atoms with Crippen LogP contribution in [-0.4, -0.2) is 121 Å². The van der Waals surface area contributed by atoms with Gasteiger partial charge in [-0.3, -0.25) is 48.7 Å². The molecule has 18 heteroatoms. The maximum atomic E-state index is 13.3. The van der Waals surface area contributed by atoms with E-state index in [1.54, 1.807) is 44.2 Å². The number of aromatic nitrogens is 2. The Kier molecular flexibility index (Phi) is 13.7. The van der Waals surface area contributed by atoms with Crippen molar-refractivity contribution in [2.45, 2.75) is 44.7 Å². The minimum Gasteiger partial charge on any atom is -0.496 e. The van der Waals surface area contributed by atoms with E-state index in [-0.39, 0.29) is 53.6 Å². The Bertz CT molecular complexity index is 2400. The third kappa shape index (κ3) is 9.18.